The molecular formula is C16H19BrN4O. The highest BCUT2D eigenvalue weighted by atomic mass is 79.9. The molecular weight excluding hydrogens is 344 g/mol. The van der Waals surface area contributed by atoms with Gasteiger partial charge >= 0.3 is 0 Å². The van der Waals surface area contributed by atoms with E-state index >= 15 is 0 Å². The molecule has 0 unspecified atom stereocenters. The van der Waals surface area contributed by atoms with Gasteiger partial charge in [0.15, 0.2) is 5.69 Å². The summed E-state index contributed by atoms with van der Waals surface area (Å²) in [5.74, 6) is -0.0207. The molecule has 0 spiro atoms. The molecule has 2 aromatic rings. The monoisotopic (exact) mass is 362 g/mol. The predicted molar refractivity (Wildman–Crippen MR) is 89.4 cm³/mol. The molecule has 1 atom stereocenters. The van der Waals surface area contributed by atoms with Gasteiger partial charge in [0.1, 0.15) is 0 Å². The summed E-state index contributed by atoms with van der Waals surface area (Å²) < 4.78 is 2.83. The number of aryl methyl sites for hydroxylation is 1. The lowest BCUT2D eigenvalue weighted by molar-refractivity contribution is 0.0737. The van der Waals surface area contributed by atoms with Crippen molar-refractivity contribution in [3.63, 3.8) is 0 Å². The number of halogens is 1. The van der Waals surface area contributed by atoms with Crippen molar-refractivity contribution in [3.05, 3.63) is 46.2 Å². The lowest BCUT2D eigenvalue weighted by Crippen LogP contribution is -2.38. The van der Waals surface area contributed by atoms with Gasteiger partial charge in [0.2, 0.25) is 0 Å². The number of carbonyl (C=O) groups excluding carboxylic acids is 1. The molecule has 0 bridgehead atoms. The molecule has 2 heterocycles. The minimum Gasteiger partial charge on any atom is -0.336 e. The van der Waals surface area contributed by atoms with Gasteiger partial charge in [0.05, 0.1) is 5.69 Å². The van der Waals surface area contributed by atoms with Gasteiger partial charge in [0.25, 0.3) is 5.91 Å². The highest BCUT2D eigenvalue weighted by Gasteiger charge is 2.26. The smallest absolute Gasteiger partial charge is 0.274 e. The Morgan fingerprint density at radius 3 is 2.77 bits per heavy atom. The van der Waals surface area contributed by atoms with E-state index in [1.807, 2.05) is 44.3 Å². The summed E-state index contributed by atoms with van der Waals surface area (Å²) in [6.45, 7) is 3.78. The molecule has 3 rings (SSSR count). The SMILES string of the molecule is Cc1cc(C(=O)N(C)[C@@H]2CCNC2)nn1-c1ccc(Br)cc1. The number of hydrogen-bond acceptors (Lipinski definition) is 3. The van der Waals surface area contributed by atoms with Crippen LogP contribution in [-0.4, -0.2) is 46.8 Å². The summed E-state index contributed by atoms with van der Waals surface area (Å²) in [5, 5.41) is 7.78. The lowest BCUT2D eigenvalue weighted by atomic mass is 10.2. The highest BCUT2D eigenvalue weighted by Crippen LogP contribution is 2.17. The minimum atomic E-state index is -0.0207. The molecule has 0 radical (unpaired) electrons. The molecule has 1 aliphatic rings. The molecule has 1 N–H and O–H groups in total. The number of carbonyl (C=O) groups is 1. The van der Waals surface area contributed by atoms with Crippen LogP contribution in [0.25, 0.3) is 5.69 Å². The first-order chi connectivity index (χ1) is 10.6. The molecule has 1 amide bonds. The lowest BCUT2D eigenvalue weighted by Gasteiger charge is -2.22. The molecule has 1 fully saturated rings. The molecule has 1 aromatic heterocycles. The first-order valence-corrected chi connectivity index (χ1v) is 8.16. The maximum atomic E-state index is 12.6. The zero-order valence-electron chi connectivity index (χ0n) is 12.7. The number of rotatable bonds is 3. The second-order valence-electron chi connectivity index (χ2n) is 5.62. The Morgan fingerprint density at radius 2 is 2.14 bits per heavy atom. The van der Waals surface area contributed by atoms with Crippen molar-refractivity contribution in [1.29, 1.82) is 0 Å². The van der Waals surface area contributed by atoms with Crippen molar-refractivity contribution in [2.24, 2.45) is 0 Å². The summed E-state index contributed by atoms with van der Waals surface area (Å²) in [5.41, 5.74) is 2.39. The van der Waals surface area contributed by atoms with Crippen LogP contribution >= 0.6 is 15.9 Å². The van der Waals surface area contributed by atoms with Crippen molar-refractivity contribution in [1.82, 2.24) is 20.0 Å². The third-order valence-corrected chi connectivity index (χ3v) is 4.61. The second-order valence-corrected chi connectivity index (χ2v) is 6.54. The Hall–Kier alpha value is -1.66. The van der Waals surface area contributed by atoms with E-state index in [1.54, 1.807) is 9.58 Å². The average Bonchev–Trinajstić information content (AvgIpc) is 3.16. The topological polar surface area (TPSA) is 50.2 Å². The number of likely N-dealkylation sites (N-methyl/N-ethyl adjacent to an activating group) is 1. The maximum Gasteiger partial charge on any atom is 0.274 e. The van der Waals surface area contributed by atoms with E-state index in [0.717, 1.165) is 35.4 Å². The quantitative estimate of drug-likeness (QED) is 0.911. The van der Waals surface area contributed by atoms with Gasteiger partial charge in [0, 0.05) is 29.8 Å². The van der Waals surface area contributed by atoms with Crippen LogP contribution in [0.4, 0.5) is 0 Å². The number of nitrogens with one attached hydrogen (secondary N) is 1. The number of hydrogen-bond donors (Lipinski definition) is 1. The third kappa shape index (κ3) is 2.94. The number of amides is 1. The van der Waals surface area contributed by atoms with Crippen LogP contribution in [-0.2, 0) is 0 Å². The Kier molecular flexibility index (Phi) is 4.31. The Balaban J connectivity index is 1.85. The summed E-state index contributed by atoms with van der Waals surface area (Å²) in [4.78, 5) is 14.4. The molecule has 22 heavy (non-hydrogen) atoms. The normalized spacial score (nSPS) is 17.7. The van der Waals surface area contributed by atoms with Gasteiger partial charge in [-0.15, -0.1) is 0 Å². The summed E-state index contributed by atoms with van der Waals surface area (Å²) >= 11 is 3.43. The van der Waals surface area contributed by atoms with E-state index < -0.39 is 0 Å². The second kappa shape index (κ2) is 6.22. The van der Waals surface area contributed by atoms with Crippen LogP contribution in [0.1, 0.15) is 22.6 Å². The van der Waals surface area contributed by atoms with Gasteiger partial charge in [-0.3, -0.25) is 4.79 Å². The highest BCUT2D eigenvalue weighted by molar-refractivity contribution is 9.10. The van der Waals surface area contributed by atoms with Crippen LogP contribution in [0.15, 0.2) is 34.8 Å². The fourth-order valence-electron chi connectivity index (χ4n) is 2.74. The van der Waals surface area contributed by atoms with Gasteiger partial charge in [-0.05, 0) is 50.2 Å². The summed E-state index contributed by atoms with van der Waals surface area (Å²) in [6.07, 6.45) is 0.995. The van der Waals surface area contributed by atoms with E-state index in [1.165, 1.54) is 0 Å². The van der Waals surface area contributed by atoms with E-state index in [2.05, 4.69) is 26.3 Å². The Morgan fingerprint density at radius 1 is 1.41 bits per heavy atom. The number of nitrogens with zero attached hydrogens (tertiary/aromatic N) is 3. The van der Waals surface area contributed by atoms with E-state index in [4.69, 9.17) is 0 Å². The summed E-state index contributed by atoms with van der Waals surface area (Å²) in [7, 11) is 1.86. The molecule has 0 saturated carbocycles. The van der Waals surface area contributed by atoms with E-state index in [0.29, 0.717) is 5.69 Å². The zero-order valence-corrected chi connectivity index (χ0v) is 14.3. The first kappa shape index (κ1) is 15.2. The molecule has 1 aliphatic heterocycles. The van der Waals surface area contributed by atoms with E-state index in [-0.39, 0.29) is 11.9 Å². The van der Waals surface area contributed by atoms with Gasteiger partial charge in [-0.25, -0.2) is 4.68 Å². The zero-order chi connectivity index (χ0) is 15.7. The number of aromatic nitrogens is 2. The fraction of sp³-hybridized carbons (Fsp3) is 0.375. The van der Waals surface area contributed by atoms with Crippen molar-refractivity contribution < 1.29 is 4.79 Å². The molecule has 5 nitrogen and oxygen atoms in total. The van der Waals surface area contributed by atoms with Crippen LogP contribution < -0.4 is 5.32 Å². The fourth-order valence-corrected chi connectivity index (χ4v) is 3.00. The average molecular weight is 363 g/mol. The largest absolute Gasteiger partial charge is 0.336 e. The van der Waals surface area contributed by atoms with Crippen molar-refractivity contribution in [2.45, 2.75) is 19.4 Å². The molecule has 116 valence electrons. The molecule has 6 heteroatoms. The molecule has 1 aromatic carbocycles. The van der Waals surface area contributed by atoms with Gasteiger partial charge in [-0.2, -0.15) is 5.10 Å². The number of benzene rings is 1. The third-order valence-electron chi connectivity index (χ3n) is 4.08. The molecule has 1 saturated heterocycles. The van der Waals surface area contributed by atoms with Crippen LogP contribution in [0.5, 0.6) is 0 Å². The van der Waals surface area contributed by atoms with E-state index in [9.17, 15) is 4.79 Å². The Bertz CT molecular complexity index is 674. The van der Waals surface area contributed by atoms with Crippen LogP contribution in [0, 0.1) is 6.92 Å². The first-order valence-electron chi connectivity index (χ1n) is 7.37. The van der Waals surface area contributed by atoms with Gasteiger partial charge < -0.3 is 10.2 Å². The van der Waals surface area contributed by atoms with Crippen molar-refractivity contribution in [2.75, 3.05) is 20.1 Å². The maximum absolute atomic E-state index is 12.6. The van der Waals surface area contributed by atoms with Crippen LogP contribution in [0.3, 0.4) is 0 Å². The van der Waals surface area contributed by atoms with Crippen LogP contribution in [0.2, 0.25) is 0 Å². The predicted octanol–water partition coefficient (Wildman–Crippen LogP) is 2.38. The molecule has 0 aliphatic carbocycles. The standard InChI is InChI=1S/C16H19BrN4O/c1-11-9-15(16(22)20(2)14-7-8-18-10-14)19-21(11)13-5-3-12(17)4-6-13/h3-6,9,14,18H,7-8,10H2,1-2H3/t14-/m1/s1. The van der Waals surface area contributed by atoms with Crippen molar-refractivity contribution >= 4 is 21.8 Å². The summed E-state index contributed by atoms with van der Waals surface area (Å²) in [6, 6.07) is 9.99. The minimum absolute atomic E-state index is 0.0207. The van der Waals surface area contributed by atoms with Gasteiger partial charge in [-0.1, -0.05) is 15.9 Å². The Labute approximate surface area is 138 Å². The van der Waals surface area contributed by atoms with Crippen molar-refractivity contribution in [3.8, 4) is 5.69 Å².